The lowest BCUT2D eigenvalue weighted by Gasteiger charge is -2.15. The van der Waals surface area contributed by atoms with Crippen LogP contribution in [-0.4, -0.2) is 33.4 Å². The Morgan fingerprint density at radius 2 is 2.05 bits per heavy atom. The lowest BCUT2D eigenvalue weighted by Crippen LogP contribution is -2.29. The van der Waals surface area contributed by atoms with Gasteiger partial charge in [-0.2, -0.15) is 0 Å². The summed E-state index contributed by atoms with van der Waals surface area (Å²) in [5.74, 6) is -0.568. The lowest BCUT2D eigenvalue weighted by atomic mass is 10.2. The average Bonchev–Trinajstić information content (AvgIpc) is 2.33. The number of benzene rings is 1. The first-order valence-electron chi connectivity index (χ1n) is 6.72. The van der Waals surface area contributed by atoms with Gasteiger partial charge in [-0.05, 0) is 13.8 Å². The first-order valence-corrected chi connectivity index (χ1v) is 8.37. The summed E-state index contributed by atoms with van der Waals surface area (Å²) in [6.07, 6.45) is -0.176. The van der Waals surface area contributed by atoms with Crippen molar-refractivity contribution in [3.05, 3.63) is 17.9 Å². The molecule has 0 aliphatic rings. The van der Waals surface area contributed by atoms with Crippen LogP contribution in [0.3, 0.4) is 0 Å². The second kappa shape index (κ2) is 7.46. The highest BCUT2D eigenvalue weighted by molar-refractivity contribution is 7.89. The van der Waals surface area contributed by atoms with Crippen LogP contribution >= 0.6 is 0 Å². The lowest BCUT2D eigenvalue weighted by molar-refractivity contribution is 0.231. The van der Waals surface area contributed by atoms with Gasteiger partial charge in [-0.15, -0.1) is 0 Å². The number of nitrogens with two attached hydrogens (primary N) is 1. The fourth-order valence-electron chi connectivity index (χ4n) is 1.68. The van der Waals surface area contributed by atoms with Gasteiger partial charge in [0.25, 0.3) is 0 Å². The molecule has 1 rings (SSSR count). The van der Waals surface area contributed by atoms with E-state index in [0.717, 1.165) is 6.07 Å². The molecule has 0 radical (unpaired) electrons. The molecule has 8 heteroatoms. The largest absolute Gasteiger partial charge is 0.488 e. The van der Waals surface area contributed by atoms with Crippen molar-refractivity contribution in [2.24, 2.45) is 0 Å². The van der Waals surface area contributed by atoms with E-state index in [9.17, 15) is 12.8 Å². The first-order chi connectivity index (χ1) is 9.75. The molecular weight excluding hydrogens is 297 g/mol. The summed E-state index contributed by atoms with van der Waals surface area (Å²) in [6.45, 7) is 5.77. The van der Waals surface area contributed by atoms with E-state index in [1.807, 2.05) is 0 Å². The number of ether oxygens (including phenoxy) is 1. The number of hydrogen-bond acceptors (Lipinski definition) is 5. The molecule has 6 nitrogen and oxygen atoms in total. The Kier molecular flexibility index (Phi) is 6.22. The molecule has 0 aliphatic carbocycles. The summed E-state index contributed by atoms with van der Waals surface area (Å²) in [7, 11) is -3.31. The molecule has 21 heavy (non-hydrogen) atoms. The number of nitrogens with one attached hydrogen (secondary N) is 2. The van der Waals surface area contributed by atoms with Gasteiger partial charge in [0.1, 0.15) is 0 Å². The summed E-state index contributed by atoms with van der Waals surface area (Å²) in [5.41, 5.74) is 6.35. The van der Waals surface area contributed by atoms with Crippen LogP contribution < -0.4 is 20.5 Å². The molecule has 0 fully saturated rings. The molecule has 0 spiro atoms. The minimum absolute atomic E-state index is 0.0799. The average molecular weight is 319 g/mol. The van der Waals surface area contributed by atoms with E-state index < -0.39 is 15.8 Å². The van der Waals surface area contributed by atoms with Crippen LogP contribution in [0.5, 0.6) is 5.75 Å². The van der Waals surface area contributed by atoms with Gasteiger partial charge in [0.15, 0.2) is 11.6 Å². The van der Waals surface area contributed by atoms with E-state index >= 15 is 0 Å². The van der Waals surface area contributed by atoms with Crippen molar-refractivity contribution in [1.82, 2.24) is 4.72 Å². The van der Waals surface area contributed by atoms with Crippen LogP contribution in [0.4, 0.5) is 15.8 Å². The van der Waals surface area contributed by atoms with Crippen molar-refractivity contribution >= 4 is 21.4 Å². The second-order valence-electron chi connectivity index (χ2n) is 4.78. The number of rotatable bonds is 8. The quantitative estimate of drug-likeness (QED) is 0.632. The summed E-state index contributed by atoms with van der Waals surface area (Å²) in [5, 5.41) is 2.88. The van der Waals surface area contributed by atoms with Crippen LogP contribution in [0.25, 0.3) is 0 Å². The van der Waals surface area contributed by atoms with Gasteiger partial charge in [0.05, 0.1) is 23.2 Å². The number of hydrogen-bond donors (Lipinski definition) is 3. The Bertz CT molecular complexity index is 576. The Morgan fingerprint density at radius 3 is 2.62 bits per heavy atom. The topological polar surface area (TPSA) is 93.5 Å². The van der Waals surface area contributed by atoms with Gasteiger partial charge in [-0.3, -0.25) is 0 Å². The summed E-state index contributed by atoms with van der Waals surface area (Å²) in [4.78, 5) is 0. The van der Waals surface area contributed by atoms with Crippen molar-refractivity contribution in [2.75, 3.05) is 29.9 Å². The molecule has 0 heterocycles. The maximum atomic E-state index is 13.7. The molecule has 1 aromatic rings. The predicted octanol–water partition coefficient (Wildman–Crippen LogP) is 1.55. The normalized spacial score (nSPS) is 11.7. The van der Waals surface area contributed by atoms with Crippen molar-refractivity contribution in [3.8, 4) is 5.75 Å². The molecule has 0 saturated heterocycles. The van der Waals surface area contributed by atoms with Crippen LogP contribution in [0, 0.1) is 5.82 Å². The zero-order chi connectivity index (χ0) is 16.0. The summed E-state index contributed by atoms with van der Waals surface area (Å²) in [6, 6.07) is 2.59. The van der Waals surface area contributed by atoms with Gasteiger partial charge in [0, 0.05) is 25.2 Å². The van der Waals surface area contributed by atoms with Crippen LogP contribution in [0.1, 0.15) is 20.8 Å². The molecular formula is C13H22FN3O3S. The van der Waals surface area contributed by atoms with Gasteiger partial charge in [-0.1, -0.05) is 6.92 Å². The maximum absolute atomic E-state index is 13.7. The van der Waals surface area contributed by atoms with Gasteiger partial charge >= 0.3 is 0 Å². The number of nitrogen functional groups attached to an aromatic ring is 1. The Morgan fingerprint density at radius 1 is 1.38 bits per heavy atom. The molecule has 0 saturated carbocycles. The van der Waals surface area contributed by atoms with E-state index in [-0.39, 0.29) is 29.8 Å². The zero-order valence-electron chi connectivity index (χ0n) is 12.4. The molecule has 4 N–H and O–H groups in total. The summed E-state index contributed by atoms with van der Waals surface area (Å²) < 4.78 is 44.4. The monoisotopic (exact) mass is 319 g/mol. The van der Waals surface area contributed by atoms with Crippen molar-refractivity contribution in [2.45, 2.75) is 26.9 Å². The molecule has 0 amide bonds. The van der Waals surface area contributed by atoms with E-state index in [0.29, 0.717) is 12.2 Å². The van der Waals surface area contributed by atoms with Gasteiger partial charge in [-0.25, -0.2) is 17.5 Å². The van der Waals surface area contributed by atoms with Crippen molar-refractivity contribution < 1.29 is 17.5 Å². The molecule has 0 aromatic heterocycles. The van der Waals surface area contributed by atoms with E-state index in [4.69, 9.17) is 10.5 Å². The van der Waals surface area contributed by atoms with Gasteiger partial charge < -0.3 is 15.8 Å². The fraction of sp³-hybridized carbons (Fsp3) is 0.538. The van der Waals surface area contributed by atoms with E-state index in [1.165, 1.54) is 6.07 Å². The third-order valence-electron chi connectivity index (χ3n) is 2.52. The van der Waals surface area contributed by atoms with E-state index in [2.05, 4.69) is 10.0 Å². The van der Waals surface area contributed by atoms with Crippen LogP contribution in [0.2, 0.25) is 0 Å². The molecule has 1 aromatic carbocycles. The molecule has 120 valence electrons. The van der Waals surface area contributed by atoms with E-state index in [1.54, 1.807) is 20.8 Å². The maximum Gasteiger partial charge on any atom is 0.213 e. The number of sulfonamides is 1. The third-order valence-corrected chi connectivity index (χ3v) is 3.99. The van der Waals surface area contributed by atoms with Gasteiger partial charge in [0.2, 0.25) is 10.0 Å². The minimum Gasteiger partial charge on any atom is -0.488 e. The minimum atomic E-state index is -3.31. The smallest absolute Gasteiger partial charge is 0.213 e. The highest BCUT2D eigenvalue weighted by Gasteiger charge is 2.12. The predicted molar refractivity (Wildman–Crippen MR) is 82.5 cm³/mol. The molecule has 0 aliphatic heterocycles. The standard InChI is InChI=1S/C13H22FN3O3S/c1-4-17-21(18,19)6-5-16-12-8-13(20-9(2)3)10(14)7-11(12)15/h7-9,16-17H,4-6,15H2,1-3H3. The Balaban J connectivity index is 2.75. The fourth-order valence-corrected chi connectivity index (χ4v) is 2.63. The third kappa shape index (κ3) is 5.76. The second-order valence-corrected chi connectivity index (χ2v) is 6.71. The highest BCUT2D eigenvalue weighted by Crippen LogP contribution is 2.28. The summed E-state index contributed by atoms with van der Waals surface area (Å²) >= 11 is 0. The van der Waals surface area contributed by atoms with Crippen LogP contribution in [-0.2, 0) is 10.0 Å². The Hall–Kier alpha value is -1.54. The SMILES string of the molecule is CCNS(=O)(=O)CCNc1cc(OC(C)C)c(F)cc1N. The molecule has 0 atom stereocenters. The Labute approximate surface area is 124 Å². The number of halogens is 1. The van der Waals surface area contributed by atoms with Crippen molar-refractivity contribution in [1.29, 1.82) is 0 Å². The molecule has 0 bridgehead atoms. The molecule has 0 unspecified atom stereocenters. The first kappa shape index (κ1) is 17.5. The van der Waals surface area contributed by atoms with Crippen LogP contribution in [0.15, 0.2) is 12.1 Å². The highest BCUT2D eigenvalue weighted by atomic mass is 32.2. The number of anilines is 2. The zero-order valence-corrected chi connectivity index (χ0v) is 13.3. The van der Waals surface area contributed by atoms with Crippen molar-refractivity contribution in [3.63, 3.8) is 0 Å².